The van der Waals surface area contributed by atoms with Crippen LogP contribution in [-0.2, 0) is 10.0 Å². The standard InChI is InChI=1S/C15H12Cl2N2O3S/c1-2-10-3-6-12(7-4-10)23(21,22)19-15(20)18-11-5-8-13(16)14(17)9-11/h2-9H,1H2,(H2,18,19,20). The van der Waals surface area contributed by atoms with Crippen LogP contribution in [0, 0.1) is 0 Å². The van der Waals surface area contributed by atoms with Crippen molar-refractivity contribution in [3.05, 3.63) is 64.7 Å². The average molecular weight is 371 g/mol. The maximum atomic E-state index is 12.1. The molecule has 0 aromatic heterocycles. The molecule has 120 valence electrons. The number of amides is 2. The van der Waals surface area contributed by atoms with Gasteiger partial charge in [0.15, 0.2) is 0 Å². The molecule has 0 aliphatic rings. The largest absolute Gasteiger partial charge is 0.333 e. The Labute approximate surface area is 144 Å². The van der Waals surface area contributed by atoms with Crippen LogP contribution in [0.3, 0.4) is 0 Å². The Morgan fingerprint density at radius 1 is 1.04 bits per heavy atom. The molecule has 0 saturated carbocycles. The minimum Gasteiger partial charge on any atom is -0.307 e. The maximum Gasteiger partial charge on any atom is 0.333 e. The van der Waals surface area contributed by atoms with Crippen LogP contribution in [0.25, 0.3) is 6.08 Å². The monoisotopic (exact) mass is 370 g/mol. The number of nitrogens with one attached hydrogen (secondary N) is 2. The third-order valence-corrected chi connectivity index (χ3v) is 4.92. The smallest absolute Gasteiger partial charge is 0.307 e. The molecule has 0 spiro atoms. The predicted octanol–water partition coefficient (Wildman–Crippen LogP) is 4.15. The van der Waals surface area contributed by atoms with Crippen molar-refractivity contribution in [1.82, 2.24) is 4.72 Å². The zero-order chi connectivity index (χ0) is 17.0. The van der Waals surface area contributed by atoms with Crippen LogP contribution in [0.15, 0.2) is 53.9 Å². The van der Waals surface area contributed by atoms with Crippen LogP contribution in [0.4, 0.5) is 10.5 Å². The van der Waals surface area contributed by atoms with E-state index in [1.165, 1.54) is 30.3 Å². The maximum absolute atomic E-state index is 12.1. The number of benzene rings is 2. The molecular formula is C15H12Cl2N2O3S. The summed E-state index contributed by atoms with van der Waals surface area (Å²) in [5.74, 6) is 0. The van der Waals surface area contributed by atoms with Crippen molar-refractivity contribution < 1.29 is 13.2 Å². The highest BCUT2D eigenvalue weighted by molar-refractivity contribution is 7.90. The summed E-state index contributed by atoms with van der Waals surface area (Å²) < 4.78 is 26.1. The average Bonchev–Trinajstić information content (AvgIpc) is 2.50. The number of anilines is 1. The van der Waals surface area contributed by atoms with Gasteiger partial charge in [-0.15, -0.1) is 0 Å². The minimum absolute atomic E-state index is 0.0348. The van der Waals surface area contributed by atoms with Gasteiger partial charge in [0.2, 0.25) is 0 Å². The molecule has 2 N–H and O–H groups in total. The molecule has 2 aromatic carbocycles. The second-order valence-corrected chi connectivity index (χ2v) is 6.96. The number of hydrogen-bond donors (Lipinski definition) is 2. The van der Waals surface area contributed by atoms with Crippen molar-refractivity contribution in [2.45, 2.75) is 4.90 Å². The van der Waals surface area contributed by atoms with Crippen molar-refractivity contribution in [2.24, 2.45) is 0 Å². The molecule has 0 heterocycles. The molecule has 0 radical (unpaired) electrons. The van der Waals surface area contributed by atoms with E-state index in [2.05, 4.69) is 11.9 Å². The van der Waals surface area contributed by atoms with Crippen LogP contribution >= 0.6 is 23.2 Å². The van der Waals surface area contributed by atoms with Gasteiger partial charge in [0.05, 0.1) is 14.9 Å². The van der Waals surface area contributed by atoms with Gasteiger partial charge in [0, 0.05) is 5.69 Å². The first-order valence-corrected chi connectivity index (χ1v) is 8.57. The number of sulfonamides is 1. The summed E-state index contributed by atoms with van der Waals surface area (Å²) in [5, 5.41) is 2.94. The Hall–Kier alpha value is -2.02. The molecular weight excluding hydrogens is 359 g/mol. The SMILES string of the molecule is C=Cc1ccc(S(=O)(=O)NC(=O)Nc2ccc(Cl)c(Cl)c2)cc1. The number of halogens is 2. The summed E-state index contributed by atoms with van der Waals surface area (Å²) in [6.07, 6.45) is 1.58. The lowest BCUT2D eigenvalue weighted by atomic mass is 10.2. The van der Waals surface area contributed by atoms with Gasteiger partial charge in [-0.2, -0.15) is 0 Å². The van der Waals surface area contributed by atoms with E-state index in [0.29, 0.717) is 10.7 Å². The first-order valence-electron chi connectivity index (χ1n) is 6.33. The summed E-state index contributed by atoms with van der Waals surface area (Å²) in [4.78, 5) is 11.8. The van der Waals surface area contributed by atoms with Gasteiger partial charge in [-0.1, -0.05) is 48.0 Å². The zero-order valence-electron chi connectivity index (χ0n) is 11.7. The summed E-state index contributed by atoms with van der Waals surface area (Å²) in [6.45, 7) is 3.58. The van der Waals surface area contributed by atoms with Crippen molar-refractivity contribution >= 4 is 51.0 Å². The first kappa shape index (κ1) is 17.3. The van der Waals surface area contributed by atoms with E-state index in [4.69, 9.17) is 23.2 Å². The Balaban J connectivity index is 2.11. The lowest BCUT2D eigenvalue weighted by Gasteiger charge is -2.09. The number of carbonyl (C=O) groups excluding carboxylic acids is 1. The van der Waals surface area contributed by atoms with E-state index in [1.54, 1.807) is 18.2 Å². The van der Waals surface area contributed by atoms with Crippen LogP contribution in [0.5, 0.6) is 0 Å². The fourth-order valence-electron chi connectivity index (χ4n) is 1.69. The molecule has 2 rings (SSSR count). The number of carbonyl (C=O) groups is 1. The fraction of sp³-hybridized carbons (Fsp3) is 0. The zero-order valence-corrected chi connectivity index (χ0v) is 14.0. The molecule has 0 aliphatic heterocycles. The van der Waals surface area contributed by atoms with E-state index in [0.717, 1.165) is 5.56 Å². The van der Waals surface area contributed by atoms with Crippen LogP contribution in [0.2, 0.25) is 10.0 Å². The van der Waals surface area contributed by atoms with Crippen molar-refractivity contribution in [2.75, 3.05) is 5.32 Å². The van der Waals surface area contributed by atoms with Crippen LogP contribution in [-0.4, -0.2) is 14.4 Å². The van der Waals surface area contributed by atoms with E-state index in [9.17, 15) is 13.2 Å². The van der Waals surface area contributed by atoms with Gasteiger partial charge in [-0.3, -0.25) is 0 Å². The molecule has 2 amide bonds. The summed E-state index contributed by atoms with van der Waals surface area (Å²) in [7, 11) is -3.98. The van der Waals surface area contributed by atoms with Gasteiger partial charge in [-0.25, -0.2) is 17.9 Å². The van der Waals surface area contributed by atoms with Crippen LogP contribution in [0.1, 0.15) is 5.56 Å². The lowest BCUT2D eigenvalue weighted by Crippen LogP contribution is -2.34. The molecule has 0 saturated heterocycles. The third-order valence-electron chi connectivity index (χ3n) is 2.83. The Morgan fingerprint density at radius 3 is 2.26 bits per heavy atom. The normalized spacial score (nSPS) is 10.9. The van der Waals surface area contributed by atoms with Gasteiger partial charge in [-0.05, 0) is 35.9 Å². The summed E-state index contributed by atoms with van der Waals surface area (Å²) >= 11 is 11.6. The van der Waals surface area contributed by atoms with E-state index in [-0.39, 0.29) is 9.92 Å². The first-order chi connectivity index (χ1) is 10.8. The van der Waals surface area contributed by atoms with Gasteiger partial charge in [0.25, 0.3) is 10.0 Å². The van der Waals surface area contributed by atoms with Crippen molar-refractivity contribution in [1.29, 1.82) is 0 Å². The van der Waals surface area contributed by atoms with Crippen molar-refractivity contribution in [3.8, 4) is 0 Å². The Morgan fingerprint density at radius 2 is 1.70 bits per heavy atom. The number of rotatable bonds is 4. The molecule has 0 atom stereocenters. The minimum atomic E-state index is -3.98. The molecule has 5 nitrogen and oxygen atoms in total. The molecule has 8 heteroatoms. The summed E-state index contributed by atoms with van der Waals surface area (Å²) in [6, 6.07) is 9.42. The van der Waals surface area contributed by atoms with E-state index < -0.39 is 16.1 Å². The van der Waals surface area contributed by atoms with Crippen LogP contribution < -0.4 is 10.0 Å². The van der Waals surface area contributed by atoms with E-state index >= 15 is 0 Å². The third kappa shape index (κ3) is 4.48. The molecule has 0 fully saturated rings. The molecule has 2 aromatic rings. The Kier molecular flexibility index (Phi) is 5.30. The molecule has 0 unspecified atom stereocenters. The highest BCUT2D eigenvalue weighted by Gasteiger charge is 2.17. The van der Waals surface area contributed by atoms with Gasteiger partial charge < -0.3 is 5.32 Å². The van der Waals surface area contributed by atoms with E-state index in [1.807, 2.05) is 4.72 Å². The number of hydrogen-bond acceptors (Lipinski definition) is 3. The lowest BCUT2D eigenvalue weighted by molar-refractivity contribution is 0.256. The summed E-state index contributed by atoms with van der Waals surface area (Å²) in [5.41, 5.74) is 1.08. The highest BCUT2D eigenvalue weighted by Crippen LogP contribution is 2.25. The van der Waals surface area contributed by atoms with Gasteiger partial charge >= 0.3 is 6.03 Å². The predicted molar refractivity (Wildman–Crippen MR) is 92.3 cm³/mol. The second kappa shape index (κ2) is 7.04. The topological polar surface area (TPSA) is 75.3 Å². The molecule has 0 aliphatic carbocycles. The molecule has 0 bridgehead atoms. The van der Waals surface area contributed by atoms with Gasteiger partial charge in [0.1, 0.15) is 0 Å². The highest BCUT2D eigenvalue weighted by atomic mass is 35.5. The van der Waals surface area contributed by atoms with Crippen molar-refractivity contribution in [3.63, 3.8) is 0 Å². The second-order valence-electron chi connectivity index (χ2n) is 4.46. The molecule has 23 heavy (non-hydrogen) atoms. The Bertz CT molecular complexity index is 850. The number of urea groups is 1. The quantitative estimate of drug-likeness (QED) is 0.848. The fourth-order valence-corrected chi connectivity index (χ4v) is 2.90.